The molecule has 0 atom stereocenters. The summed E-state index contributed by atoms with van der Waals surface area (Å²) >= 11 is 4.40. The van der Waals surface area contributed by atoms with Gasteiger partial charge in [0.05, 0.1) is 35.0 Å². The number of hydrogen-bond donors (Lipinski definition) is 2. The molecule has 0 saturated heterocycles. The minimum atomic E-state index is -4.66. The number of aromatic nitrogens is 3. The van der Waals surface area contributed by atoms with E-state index in [4.69, 9.17) is 28.5 Å². The number of hydrogen-bond acceptors (Lipinski definition) is 14. The van der Waals surface area contributed by atoms with E-state index in [0.717, 1.165) is 5.56 Å². The molecule has 0 spiro atoms. The minimum absolute atomic E-state index is 0.0636. The molecule has 1 N–H and O–H groups in total. The van der Waals surface area contributed by atoms with Gasteiger partial charge in [-0.3, -0.25) is 9.56 Å². The van der Waals surface area contributed by atoms with Crippen LogP contribution in [0.3, 0.4) is 0 Å². The summed E-state index contributed by atoms with van der Waals surface area (Å²) < 4.78 is 88.6. The summed E-state index contributed by atoms with van der Waals surface area (Å²) in [5, 5.41) is -0.345. The highest BCUT2D eigenvalue weighted by atomic mass is 32.2. The van der Waals surface area contributed by atoms with Gasteiger partial charge in [0.2, 0.25) is 17.3 Å². The van der Waals surface area contributed by atoms with Crippen LogP contribution in [0.2, 0.25) is 0 Å². The van der Waals surface area contributed by atoms with E-state index in [0.29, 0.717) is 4.47 Å². The van der Waals surface area contributed by atoms with E-state index in [9.17, 15) is 16.8 Å². The first-order valence-corrected chi connectivity index (χ1v) is 19.6. The van der Waals surface area contributed by atoms with Crippen LogP contribution in [0.5, 0.6) is 34.5 Å². The molecule has 15 nitrogen and oxygen atoms in total. The summed E-state index contributed by atoms with van der Waals surface area (Å²) in [6.45, 7) is 5.27. The first kappa shape index (κ1) is 39.9. The average Bonchev–Trinajstić information content (AvgIpc) is 3.17. The summed E-state index contributed by atoms with van der Waals surface area (Å²) in [6.07, 6.45) is 1.45. The Morgan fingerprint density at radius 2 is 1.41 bits per heavy atom. The van der Waals surface area contributed by atoms with Crippen LogP contribution in [0.15, 0.2) is 93.8 Å². The maximum Gasteiger partial charge on any atom is 0.289 e. The van der Waals surface area contributed by atoms with Crippen LogP contribution in [0.25, 0.3) is 11.4 Å². The number of sulfonamides is 2. The second-order valence-corrected chi connectivity index (χ2v) is 15.4. The van der Waals surface area contributed by atoms with Gasteiger partial charge >= 0.3 is 0 Å². The predicted octanol–water partition coefficient (Wildman–Crippen LogP) is 6.73. The Morgan fingerprint density at radius 1 is 0.778 bits per heavy atom. The van der Waals surface area contributed by atoms with E-state index in [1.54, 1.807) is 37.3 Å². The standard InChI is InChI=1S/C36H39N5O10S3/c1-8-50-41(54(44,45)30-16-12-11-15-29(30)52)36-33(51-26-14-10-9-13-25(26)46-4)35(40-53(42,43)31-18-17-23(21-37-31)22(2)3)38-34(39-36)24-19-27(47-5)32(49-7)28(20-24)48-6/h9-22,52H,8H2,1-7H3,(H,38,39,40). The average molecular weight is 798 g/mol. The first-order valence-electron chi connectivity index (χ1n) is 16.3. The Morgan fingerprint density at radius 3 is 1.96 bits per heavy atom. The van der Waals surface area contributed by atoms with E-state index < -0.39 is 37.4 Å². The molecule has 3 aromatic carbocycles. The number of anilines is 2. The normalized spacial score (nSPS) is 11.6. The highest BCUT2D eigenvalue weighted by molar-refractivity contribution is 7.93. The molecule has 0 fully saturated rings. The lowest BCUT2D eigenvalue weighted by atomic mass is 10.1. The highest BCUT2D eigenvalue weighted by Gasteiger charge is 2.36. The number of nitrogens with zero attached hydrogens (tertiary/aromatic N) is 4. The summed E-state index contributed by atoms with van der Waals surface area (Å²) in [7, 11) is -3.53. The fraction of sp³-hybridized carbons (Fsp3) is 0.250. The monoisotopic (exact) mass is 797 g/mol. The number of nitrogens with one attached hydrogen (secondary N) is 1. The van der Waals surface area contributed by atoms with E-state index in [2.05, 4.69) is 32.3 Å². The highest BCUT2D eigenvalue weighted by Crippen LogP contribution is 2.46. The van der Waals surface area contributed by atoms with E-state index in [1.807, 2.05) is 13.8 Å². The van der Waals surface area contributed by atoms with Crippen LogP contribution in [-0.2, 0) is 24.9 Å². The topological polar surface area (TPSA) is 178 Å². The van der Waals surface area contributed by atoms with Gasteiger partial charge < -0.3 is 23.7 Å². The van der Waals surface area contributed by atoms with Crippen molar-refractivity contribution in [1.82, 2.24) is 15.0 Å². The molecule has 0 unspecified atom stereocenters. The quantitative estimate of drug-likeness (QED) is 0.0795. The summed E-state index contributed by atoms with van der Waals surface area (Å²) in [4.78, 5) is 19.1. The maximum atomic E-state index is 14.5. The van der Waals surface area contributed by atoms with Crippen LogP contribution in [0.4, 0.5) is 11.6 Å². The van der Waals surface area contributed by atoms with E-state index in [-0.39, 0.29) is 67.5 Å². The smallest absolute Gasteiger partial charge is 0.289 e. The number of ether oxygens (including phenoxy) is 5. The van der Waals surface area contributed by atoms with Crippen molar-refractivity contribution >= 4 is 44.3 Å². The van der Waals surface area contributed by atoms with Gasteiger partial charge in [-0.05, 0) is 60.9 Å². The number of thiol groups is 1. The van der Waals surface area contributed by atoms with Gasteiger partial charge in [0.15, 0.2) is 39.7 Å². The van der Waals surface area contributed by atoms with Crippen molar-refractivity contribution < 1.29 is 45.4 Å². The van der Waals surface area contributed by atoms with Gasteiger partial charge in [0.25, 0.3) is 20.0 Å². The largest absolute Gasteiger partial charge is 0.493 e. The molecule has 0 aliphatic carbocycles. The van der Waals surface area contributed by atoms with Gasteiger partial charge in [-0.15, -0.1) is 17.1 Å². The van der Waals surface area contributed by atoms with Crippen molar-refractivity contribution in [3.05, 3.63) is 84.6 Å². The van der Waals surface area contributed by atoms with Crippen molar-refractivity contribution in [1.29, 1.82) is 0 Å². The van der Waals surface area contributed by atoms with E-state index in [1.165, 1.54) is 77.1 Å². The fourth-order valence-electron chi connectivity index (χ4n) is 5.08. The van der Waals surface area contributed by atoms with Crippen molar-refractivity contribution in [2.75, 3.05) is 44.2 Å². The van der Waals surface area contributed by atoms with Gasteiger partial charge in [-0.1, -0.05) is 44.2 Å². The molecular formula is C36H39N5O10S3. The molecule has 54 heavy (non-hydrogen) atoms. The van der Waals surface area contributed by atoms with Crippen molar-refractivity contribution in [3.63, 3.8) is 0 Å². The lowest BCUT2D eigenvalue weighted by Gasteiger charge is -2.26. The molecule has 5 aromatic rings. The zero-order chi connectivity index (χ0) is 39.2. The van der Waals surface area contributed by atoms with E-state index >= 15 is 0 Å². The molecule has 0 amide bonds. The molecule has 286 valence electrons. The lowest BCUT2D eigenvalue weighted by Crippen LogP contribution is -2.33. The van der Waals surface area contributed by atoms with Crippen LogP contribution in [-0.4, -0.2) is 66.8 Å². The van der Waals surface area contributed by atoms with Gasteiger partial charge in [-0.25, -0.2) is 15.0 Å². The molecule has 18 heteroatoms. The molecule has 2 heterocycles. The number of para-hydroxylation sites is 2. The molecule has 0 aliphatic rings. The predicted molar refractivity (Wildman–Crippen MR) is 204 cm³/mol. The van der Waals surface area contributed by atoms with Crippen LogP contribution >= 0.6 is 12.6 Å². The van der Waals surface area contributed by atoms with Crippen molar-refractivity contribution in [3.8, 4) is 45.9 Å². The third-order valence-corrected chi connectivity index (χ3v) is 11.2. The third-order valence-electron chi connectivity index (χ3n) is 7.76. The number of benzene rings is 3. The number of methoxy groups -OCH3 is 4. The molecular weight excluding hydrogens is 759 g/mol. The Balaban J connectivity index is 1.88. The molecule has 0 radical (unpaired) electrons. The molecule has 0 bridgehead atoms. The summed E-state index contributed by atoms with van der Waals surface area (Å²) in [5.74, 6) is -0.617. The van der Waals surface area contributed by atoms with Crippen LogP contribution in [0, 0.1) is 0 Å². The van der Waals surface area contributed by atoms with Gasteiger partial charge in [-0.2, -0.15) is 16.8 Å². The number of rotatable bonds is 16. The zero-order valence-electron chi connectivity index (χ0n) is 30.4. The third kappa shape index (κ3) is 8.25. The zero-order valence-corrected chi connectivity index (χ0v) is 33.0. The Bertz CT molecular complexity index is 2320. The first-order chi connectivity index (χ1) is 25.8. The molecule has 2 aromatic heterocycles. The Hall–Kier alpha value is -5.30. The van der Waals surface area contributed by atoms with Gasteiger partial charge in [0.1, 0.15) is 4.90 Å². The second kappa shape index (κ2) is 16.8. The SMILES string of the molecule is CCON(c1nc(-c2cc(OC)c(OC)c(OC)c2)nc(NS(=O)(=O)c2ccc(C(C)C)cn2)c1Oc1ccccc1OC)S(=O)(=O)c1ccccc1S. The Kier molecular flexibility index (Phi) is 12.4. The molecule has 5 rings (SSSR count). The van der Waals surface area contributed by atoms with Crippen molar-refractivity contribution in [2.45, 2.75) is 41.5 Å². The van der Waals surface area contributed by atoms with Gasteiger partial charge in [0, 0.05) is 16.7 Å². The maximum absolute atomic E-state index is 14.5. The lowest BCUT2D eigenvalue weighted by molar-refractivity contribution is 0.160. The van der Waals surface area contributed by atoms with Crippen LogP contribution in [0.1, 0.15) is 32.3 Å². The number of pyridine rings is 1. The minimum Gasteiger partial charge on any atom is -0.493 e. The Labute approximate surface area is 319 Å². The second-order valence-electron chi connectivity index (χ2n) is 11.5. The van der Waals surface area contributed by atoms with Crippen LogP contribution < -0.4 is 32.9 Å². The summed E-state index contributed by atoms with van der Waals surface area (Å²) in [6, 6.07) is 18.4. The fourth-order valence-corrected chi connectivity index (χ4v) is 7.88. The van der Waals surface area contributed by atoms with Crippen molar-refractivity contribution in [2.24, 2.45) is 0 Å². The molecule has 0 saturated carbocycles. The summed E-state index contributed by atoms with van der Waals surface area (Å²) in [5.41, 5.74) is 1.02. The molecule has 0 aliphatic heterocycles.